The van der Waals surface area contributed by atoms with Crippen molar-refractivity contribution in [2.24, 2.45) is 7.05 Å². The first-order chi connectivity index (χ1) is 14.2. The van der Waals surface area contributed by atoms with Gasteiger partial charge in [0.1, 0.15) is 5.82 Å². The molecule has 2 aromatic carbocycles. The molecule has 5 rings (SSSR count). The van der Waals surface area contributed by atoms with Crippen LogP contribution < -0.4 is 0 Å². The normalized spacial score (nSPS) is 17.0. The van der Waals surface area contributed by atoms with E-state index in [4.69, 9.17) is 9.51 Å². The van der Waals surface area contributed by atoms with Crippen LogP contribution in [0.3, 0.4) is 0 Å². The number of aromatic nitrogens is 3. The first-order valence-electron chi connectivity index (χ1n) is 9.93. The highest BCUT2D eigenvalue weighted by molar-refractivity contribution is 5.93. The minimum Gasteiger partial charge on any atom is -0.355 e. The number of fused-ring (bicyclic) bond motifs is 1. The zero-order valence-electron chi connectivity index (χ0n) is 16.3. The summed E-state index contributed by atoms with van der Waals surface area (Å²) in [6, 6.07) is 19.6. The van der Waals surface area contributed by atoms with E-state index in [9.17, 15) is 4.79 Å². The molecule has 0 radical (unpaired) electrons. The Morgan fingerprint density at radius 1 is 1.10 bits per heavy atom. The molecule has 29 heavy (non-hydrogen) atoms. The van der Waals surface area contributed by atoms with Gasteiger partial charge in [0.2, 0.25) is 0 Å². The van der Waals surface area contributed by atoms with Crippen molar-refractivity contribution < 1.29 is 9.32 Å². The monoisotopic (exact) mass is 386 g/mol. The number of amides is 1. The molecule has 1 aliphatic rings. The number of aryl methyl sites for hydroxylation is 1. The van der Waals surface area contributed by atoms with Gasteiger partial charge < -0.3 is 14.0 Å². The van der Waals surface area contributed by atoms with Gasteiger partial charge in [0.25, 0.3) is 5.91 Å². The molecular formula is C23H22N4O2. The molecule has 0 saturated carbocycles. The Kier molecular flexibility index (Phi) is 4.39. The lowest BCUT2D eigenvalue weighted by atomic mass is 9.97. The predicted octanol–water partition coefficient (Wildman–Crippen LogP) is 4.25. The molecule has 0 bridgehead atoms. The Hall–Kier alpha value is -3.41. The molecule has 6 nitrogen and oxygen atoms in total. The number of likely N-dealkylation sites (tertiary alicyclic amines) is 1. The second-order valence-corrected chi connectivity index (χ2v) is 7.55. The fourth-order valence-corrected chi connectivity index (χ4v) is 4.18. The fraction of sp³-hybridized carbons (Fsp3) is 0.261. The summed E-state index contributed by atoms with van der Waals surface area (Å²) in [5, 5.41) is 4.03. The molecule has 0 N–H and O–H groups in total. The van der Waals surface area contributed by atoms with Crippen molar-refractivity contribution in [2.45, 2.75) is 18.8 Å². The Bertz CT molecular complexity index is 1160. The third-order valence-electron chi connectivity index (χ3n) is 5.68. The van der Waals surface area contributed by atoms with E-state index in [0.717, 1.165) is 41.8 Å². The summed E-state index contributed by atoms with van der Waals surface area (Å²) in [5.74, 6) is 1.77. The number of rotatable bonds is 3. The van der Waals surface area contributed by atoms with E-state index in [1.165, 1.54) is 0 Å². The van der Waals surface area contributed by atoms with Gasteiger partial charge in [0.15, 0.2) is 11.5 Å². The lowest BCUT2D eigenvalue weighted by Gasteiger charge is -2.31. The number of para-hydroxylation sites is 2. The third-order valence-corrected chi connectivity index (χ3v) is 5.68. The summed E-state index contributed by atoms with van der Waals surface area (Å²) in [6.07, 6.45) is 1.97. The van der Waals surface area contributed by atoms with Crippen molar-refractivity contribution in [3.8, 4) is 11.3 Å². The Morgan fingerprint density at radius 3 is 2.72 bits per heavy atom. The average molecular weight is 386 g/mol. The smallest absolute Gasteiger partial charge is 0.276 e. The number of carbonyl (C=O) groups excluding carboxylic acids is 1. The zero-order valence-corrected chi connectivity index (χ0v) is 16.3. The second-order valence-electron chi connectivity index (χ2n) is 7.55. The summed E-state index contributed by atoms with van der Waals surface area (Å²) in [6.45, 7) is 1.37. The molecule has 146 valence electrons. The standard InChI is InChI=1S/C23H22N4O2/c1-26-20-12-6-5-11-18(20)24-22(26)17-10-7-13-27(15-17)23(28)19-14-21(29-25-19)16-8-3-2-4-9-16/h2-6,8-9,11-12,14,17H,7,10,13,15H2,1H3. The third kappa shape index (κ3) is 3.20. The van der Waals surface area contributed by atoms with Crippen LogP contribution in [0.1, 0.15) is 35.1 Å². The number of carbonyl (C=O) groups is 1. The maximum Gasteiger partial charge on any atom is 0.276 e. The van der Waals surface area contributed by atoms with Gasteiger partial charge in [-0.1, -0.05) is 47.6 Å². The van der Waals surface area contributed by atoms with Crippen molar-refractivity contribution in [2.75, 3.05) is 13.1 Å². The fourth-order valence-electron chi connectivity index (χ4n) is 4.18. The number of benzene rings is 2. The molecule has 0 spiro atoms. The van der Waals surface area contributed by atoms with Gasteiger partial charge in [0, 0.05) is 37.7 Å². The van der Waals surface area contributed by atoms with E-state index in [0.29, 0.717) is 18.0 Å². The first kappa shape index (κ1) is 17.7. The summed E-state index contributed by atoms with van der Waals surface area (Å²) >= 11 is 0. The maximum atomic E-state index is 13.1. The Morgan fingerprint density at radius 2 is 1.90 bits per heavy atom. The van der Waals surface area contributed by atoms with Gasteiger partial charge in [-0.05, 0) is 25.0 Å². The van der Waals surface area contributed by atoms with Gasteiger partial charge >= 0.3 is 0 Å². The highest BCUT2D eigenvalue weighted by atomic mass is 16.5. The number of nitrogens with zero attached hydrogens (tertiary/aromatic N) is 4. The van der Waals surface area contributed by atoms with Gasteiger partial charge in [-0.25, -0.2) is 4.98 Å². The van der Waals surface area contributed by atoms with E-state index in [-0.39, 0.29) is 11.8 Å². The highest BCUT2D eigenvalue weighted by Crippen LogP contribution is 2.29. The topological polar surface area (TPSA) is 64.2 Å². The van der Waals surface area contributed by atoms with Crippen LogP contribution in [-0.4, -0.2) is 38.6 Å². The van der Waals surface area contributed by atoms with E-state index in [2.05, 4.69) is 22.8 Å². The van der Waals surface area contributed by atoms with Crippen LogP contribution >= 0.6 is 0 Å². The lowest BCUT2D eigenvalue weighted by molar-refractivity contribution is 0.0693. The maximum absolute atomic E-state index is 13.1. The predicted molar refractivity (Wildman–Crippen MR) is 111 cm³/mol. The number of imidazole rings is 1. The SMILES string of the molecule is Cn1c(C2CCCN(C(=O)c3cc(-c4ccccc4)on3)C2)nc2ccccc21. The van der Waals surface area contributed by atoms with Crippen LogP contribution in [-0.2, 0) is 7.05 Å². The van der Waals surface area contributed by atoms with E-state index in [1.54, 1.807) is 6.07 Å². The molecule has 4 aromatic rings. The van der Waals surface area contributed by atoms with Crippen molar-refractivity contribution in [3.05, 3.63) is 72.2 Å². The minimum absolute atomic E-state index is 0.0839. The van der Waals surface area contributed by atoms with Crippen LogP contribution in [0.15, 0.2) is 65.2 Å². The van der Waals surface area contributed by atoms with Crippen molar-refractivity contribution in [3.63, 3.8) is 0 Å². The zero-order chi connectivity index (χ0) is 19.8. The molecule has 6 heteroatoms. The summed E-state index contributed by atoms with van der Waals surface area (Å²) in [5.41, 5.74) is 3.39. The van der Waals surface area contributed by atoms with Crippen LogP contribution in [0.25, 0.3) is 22.4 Å². The summed E-state index contributed by atoms with van der Waals surface area (Å²) < 4.78 is 7.57. The number of hydrogen-bond acceptors (Lipinski definition) is 4. The van der Waals surface area contributed by atoms with Gasteiger partial charge in [0.05, 0.1) is 11.0 Å². The van der Waals surface area contributed by atoms with Gasteiger partial charge in [-0.3, -0.25) is 4.79 Å². The molecule has 1 atom stereocenters. The quantitative estimate of drug-likeness (QED) is 0.528. The minimum atomic E-state index is -0.0839. The van der Waals surface area contributed by atoms with Crippen LogP contribution in [0.4, 0.5) is 0 Å². The Labute approximate surface area is 168 Å². The largest absolute Gasteiger partial charge is 0.355 e. The lowest BCUT2D eigenvalue weighted by Crippen LogP contribution is -2.39. The highest BCUT2D eigenvalue weighted by Gasteiger charge is 2.30. The van der Waals surface area contributed by atoms with Gasteiger partial charge in [-0.2, -0.15) is 0 Å². The van der Waals surface area contributed by atoms with Crippen molar-refractivity contribution in [1.29, 1.82) is 0 Å². The molecule has 1 fully saturated rings. The van der Waals surface area contributed by atoms with Crippen LogP contribution in [0.5, 0.6) is 0 Å². The molecule has 3 heterocycles. The molecule has 1 saturated heterocycles. The second kappa shape index (κ2) is 7.20. The first-order valence-corrected chi connectivity index (χ1v) is 9.93. The van der Waals surface area contributed by atoms with E-state index >= 15 is 0 Å². The van der Waals surface area contributed by atoms with Crippen molar-refractivity contribution >= 4 is 16.9 Å². The van der Waals surface area contributed by atoms with E-state index < -0.39 is 0 Å². The van der Waals surface area contributed by atoms with Gasteiger partial charge in [-0.15, -0.1) is 0 Å². The van der Waals surface area contributed by atoms with E-state index in [1.807, 2.05) is 53.4 Å². The van der Waals surface area contributed by atoms with Crippen LogP contribution in [0, 0.1) is 0 Å². The summed E-state index contributed by atoms with van der Waals surface area (Å²) in [7, 11) is 2.05. The number of hydrogen-bond donors (Lipinski definition) is 0. The molecular weight excluding hydrogens is 364 g/mol. The molecule has 1 amide bonds. The average Bonchev–Trinajstić information content (AvgIpc) is 3.40. The van der Waals surface area contributed by atoms with Crippen molar-refractivity contribution in [1.82, 2.24) is 19.6 Å². The molecule has 1 aliphatic heterocycles. The Balaban J connectivity index is 1.37. The summed E-state index contributed by atoms with van der Waals surface area (Å²) in [4.78, 5) is 19.8. The molecule has 0 aliphatic carbocycles. The molecule has 1 unspecified atom stereocenters. The van der Waals surface area contributed by atoms with Crippen LogP contribution in [0.2, 0.25) is 0 Å². The molecule has 2 aromatic heterocycles. The number of piperidine rings is 1.